The molecule has 0 rings (SSSR count). The van der Waals surface area contributed by atoms with Gasteiger partial charge < -0.3 is 5.21 Å². The first-order chi connectivity index (χ1) is 1.73. The van der Waals surface area contributed by atoms with Crippen LogP contribution in [0.5, 0.6) is 0 Å². The zero-order valence-corrected chi connectivity index (χ0v) is 5.58. The van der Waals surface area contributed by atoms with Crippen molar-refractivity contribution in [1.82, 2.24) is 0 Å². The van der Waals surface area contributed by atoms with E-state index in [0.29, 0.717) is 0 Å². The van der Waals surface area contributed by atoms with Gasteiger partial charge in [-0.2, -0.15) is 0 Å². The van der Waals surface area contributed by atoms with Crippen molar-refractivity contribution in [3.8, 4) is 0 Å². The number of hydrogen-bond donors (Lipinski definition) is 1. The van der Waals surface area contributed by atoms with Crippen LogP contribution in [-0.4, -0.2) is 36.1 Å². The third-order valence-corrected chi connectivity index (χ3v) is 0. The van der Waals surface area contributed by atoms with E-state index in [9.17, 15) is 0 Å². The van der Waals surface area contributed by atoms with Crippen LogP contribution in [0.3, 0.4) is 0 Å². The molecule has 0 aromatic heterocycles. The van der Waals surface area contributed by atoms with E-state index in [4.69, 9.17) is 15.3 Å². The molecule has 0 aliphatic carbocycles. The van der Waals surface area contributed by atoms with E-state index in [-0.39, 0.29) is 25.8 Å². The van der Waals surface area contributed by atoms with Crippen LogP contribution >= 0.6 is 0 Å². The van der Waals surface area contributed by atoms with Gasteiger partial charge in [0.05, 0.1) is 0 Å². The van der Waals surface area contributed by atoms with Crippen molar-refractivity contribution in [2.75, 3.05) is 0 Å². The maximum absolute atomic E-state index is 8.36. The molecule has 0 saturated heterocycles. The van der Waals surface area contributed by atoms with Gasteiger partial charge in [0, 0.05) is 25.8 Å². The standard InChI is InChI=1S/In.HNO3/c;2-1(3)4/h;(H,2,3,4). The third-order valence-electron chi connectivity index (χ3n) is 0. The Kier molecular flexibility index (Phi) is 7.25. The van der Waals surface area contributed by atoms with E-state index in [2.05, 4.69) is 0 Å². The second kappa shape index (κ2) is 4.07. The average Bonchev–Trinajstić information content (AvgIpc) is 0.811. The zero-order valence-electron chi connectivity index (χ0n) is 2.29. The Hall–Kier alpha value is 0.0701. The second-order valence-corrected chi connectivity index (χ2v) is 0.238. The van der Waals surface area contributed by atoms with Crippen molar-refractivity contribution in [3.05, 3.63) is 10.1 Å². The molecule has 0 unspecified atom stereocenters. The molecule has 0 aromatic rings. The summed E-state index contributed by atoms with van der Waals surface area (Å²) in [6, 6.07) is 0. The fourth-order valence-electron chi connectivity index (χ4n) is 0. The van der Waals surface area contributed by atoms with Crippen molar-refractivity contribution < 1.29 is 10.3 Å². The molecule has 0 fully saturated rings. The molecule has 0 spiro atoms. The van der Waals surface area contributed by atoms with Crippen LogP contribution in [0.2, 0.25) is 0 Å². The van der Waals surface area contributed by atoms with Gasteiger partial charge in [-0.15, -0.1) is 10.1 Å². The van der Waals surface area contributed by atoms with E-state index >= 15 is 0 Å². The number of hydrogen-bond acceptors (Lipinski definition) is 2. The summed E-state index contributed by atoms with van der Waals surface area (Å²) < 4.78 is 0. The van der Waals surface area contributed by atoms with Gasteiger partial charge in [-0.3, -0.25) is 0 Å². The first-order valence-electron chi connectivity index (χ1n) is 0.565. The first-order valence-corrected chi connectivity index (χ1v) is 0.565. The van der Waals surface area contributed by atoms with E-state index in [0.717, 1.165) is 0 Å². The molecule has 3 radical (unpaired) electrons. The summed E-state index contributed by atoms with van der Waals surface area (Å²) in [4.78, 5) is 8.36. The largest absolute Gasteiger partial charge is 0.328 e. The van der Waals surface area contributed by atoms with E-state index in [1.807, 2.05) is 0 Å². The second-order valence-electron chi connectivity index (χ2n) is 0.238. The van der Waals surface area contributed by atoms with E-state index < -0.39 is 5.09 Å². The molecular formula is HInNO3. The maximum atomic E-state index is 8.36. The minimum absolute atomic E-state index is 0. The normalized spacial score (nSPS) is 4.80. The summed E-state index contributed by atoms with van der Waals surface area (Å²) in [5, 5.41) is 13.6. The Morgan fingerprint density at radius 3 is 1.80 bits per heavy atom. The van der Waals surface area contributed by atoms with Gasteiger partial charge in [0.15, 0.2) is 0 Å². The van der Waals surface area contributed by atoms with Gasteiger partial charge >= 0.3 is 0 Å². The van der Waals surface area contributed by atoms with Crippen LogP contribution in [0.1, 0.15) is 0 Å². The maximum Gasteiger partial charge on any atom is 0.291 e. The van der Waals surface area contributed by atoms with Crippen LogP contribution in [-0.2, 0) is 0 Å². The van der Waals surface area contributed by atoms with Crippen molar-refractivity contribution >= 4 is 25.8 Å². The Morgan fingerprint density at radius 2 is 1.80 bits per heavy atom. The van der Waals surface area contributed by atoms with Crippen molar-refractivity contribution in [3.63, 3.8) is 0 Å². The molecule has 0 amide bonds. The molecule has 5 heavy (non-hydrogen) atoms. The molecule has 0 saturated carbocycles. The molecule has 4 nitrogen and oxygen atoms in total. The molecule has 0 aromatic carbocycles. The molecule has 1 N–H and O–H groups in total. The van der Waals surface area contributed by atoms with Gasteiger partial charge in [0.2, 0.25) is 0 Å². The predicted molar refractivity (Wildman–Crippen MR) is 14.5 cm³/mol. The molecule has 0 atom stereocenters. The summed E-state index contributed by atoms with van der Waals surface area (Å²) in [6.45, 7) is 0. The first kappa shape index (κ1) is 8.91. The summed E-state index contributed by atoms with van der Waals surface area (Å²) in [5.74, 6) is 0. The monoisotopic (exact) mass is 178 g/mol. The smallest absolute Gasteiger partial charge is 0.291 e. The molecule has 27 valence electrons. The van der Waals surface area contributed by atoms with Gasteiger partial charge in [0.25, 0.3) is 5.09 Å². The minimum atomic E-state index is -1.50. The summed E-state index contributed by atoms with van der Waals surface area (Å²) in [6.07, 6.45) is 0. The van der Waals surface area contributed by atoms with Crippen molar-refractivity contribution in [2.45, 2.75) is 0 Å². The zero-order chi connectivity index (χ0) is 3.58. The Labute approximate surface area is 46.7 Å². The van der Waals surface area contributed by atoms with E-state index in [1.165, 1.54) is 0 Å². The molecule has 0 aliphatic heterocycles. The Balaban J connectivity index is 0. The summed E-state index contributed by atoms with van der Waals surface area (Å²) in [5.41, 5.74) is 0. The van der Waals surface area contributed by atoms with Crippen LogP contribution < -0.4 is 0 Å². The van der Waals surface area contributed by atoms with Crippen molar-refractivity contribution in [2.24, 2.45) is 0 Å². The Bertz CT molecular complexity index is 29.9. The van der Waals surface area contributed by atoms with Gasteiger partial charge in [0.1, 0.15) is 0 Å². The van der Waals surface area contributed by atoms with E-state index in [1.54, 1.807) is 0 Å². The van der Waals surface area contributed by atoms with Crippen LogP contribution in [0.15, 0.2) is 0 Å². The average molecular weight is 178 g/mol. The summed E-state index contributed by atoms with van der Waals surface area (Å²) in [7, 11) is 0. The van der Waals surface area contributed by atoms with Crippen molar-refractivity contribution in [1.29, 1.82) is 0 Å². The number of rotatable bonds is 0. The Morgan fingerprint density at radius 1 is 1.80 bits per heavy atom. The molecule has 5 heteroatoms. The van der Waals surface area contributed by atoms with Gasteiger partial charge in [-0.25, -0.2) is 0 Å². The molecule has 0 heterocycles. The van der Waals surface area contributed by atoms with Crippen LogP contribution in [0.4, 0.5) is 0 Å². The van der Waals surface area contributed by atoms with Crippen LogP contribution in [0.25, 0.3) is 0 Å². The summed E-state index contributed by atoms with van der Waals surface area (Å²) >= 11 is 0. The van der Waals surface area contributed by atoms with Crippen LogP contribution in [0, 0.1) is 10.1 Å². The fraction of sp³-hybridized carbons (Fsp3) is 0. The minimum Gasteiger partial charge on any atom is -0.328 e. The third kappa shape index (κ3) is 3550. The molecular weight excluding hydrogens is 177 g/mol. The fourth-order valence-corrected chi connectivity index (χ4v) is 0. The molecule has 0 aliphatic rings. The topological polar surface area (TPSA) is 63.4 Å². The predicted octanol–water partition coefficient (Wildman–Crippen LogP) is -0.729. The van der Waals surface area contributed by atoms with Gasteiger partial charge in [-0.1, -0.05) is 0 Å². The van der Waals surface area contributed by atoms with Gasteiger partial charge in [-0.05, 0) is 0 Å². The SMILES string of the molecule is O=[N+]([O-])O.[In]. The number of nitrogens with zero attached hydrogens (tertiary/aromatic N) is 1. The quantitative estimate of drug-likeness (QED) is 0.392. The molecule has 0 bridgehead atoms.